The number of methoxy groups -OCH3 is 1. The van der Waals surface area contributed by atoms with Gasteiger partial charge in [-0.25, -0.2) is 4.98 Å². The Balaban J connectivity index is 1.41. The van der Waals surface area contributed by atoms with Gasteiger partial charge in [-0.05, 0) is 47.7 Å². The van der Waals surface area contributed by atoms with Gasteiger partial charge in [0, 0.05) is 23.3 Å². The Morgan fingerprint density at radius 3 is 2.83 bits per heavy atom. The molecule has 5 rings (SSSR count). The maximum atomic E-state index is 13.3. The smallest absolute Gasteiger partial charge is 0.296 e. The van der Waals surface area contributed by atoms with E-state index in [1.807, 2.05) is 24.3 Å². The van der Waals surface area contributed by atoms with Gasteiger partial charge in [0.25, 0.3) is 11.1 Å². The van der Waals surface area contributed by atoms with E-state index >= 15 is 0 Å². The lowest BCUT2D eigenvalue weighted by molar-refractivity contribution is 0.102. The van der Waals surface area contributed by atoms with Crippen LogP contribution in [0.1, 0.15) is 16.1 Å². The fraction of sp³-hybridized carbons (Fsp3) is 0.0833. The predicted octanol–water partition coefficient (Wildman–Crippen LogP) is 5.04. The third kappa shape index (κ3) is 5.03. The molecule has 0 aliphatic carbocycles. The highest BCUT2D eigenvalue weighted by atomic mass is 35.5. The minimum absolute atomic E-state index is 0.195. The van der Waals surface area contributed by atoms with Crippen LogP contribution < -0.4 is 14.8 Å². The minimum Gasteiger partial charge on any atom is -0.496 e. The molecule has 4 heterocycles. The van der Waals surface area contributed by atoms with E-state index in [0.717, 1.165) is 16.7 Å². The summed E-state index contributed by atoms with van der Waals surface area (Å²) in [4.78, 5) is 26.4. The maximum absolute atomic E-state index is 13.3. The lowest BCUT2D eigenvalue weighted by Crippen LogP contribution is -2.14. The number of halogens is 1. The van der Waals surface area contributed by atoms with Gasteiger partial charge in [0.2, 0.25) is 5.13 Å². The van der Waals surface area contributed by atoms with Crippen LogP contribution in [-0.4, -0.2) is 38.2 Å². The van der Waals surface area contributed by atoms with Crippen LogP contribution in [0.25, 0.3) is 22.2 Å². The Hall–Kier alpha value is -4.15. The fourth-order valence-corrected chi connectivity index (χ4v) is 4.05. The molecular formula is C24H17ClN6O3S. The summed E-state index contributed by atoms with van der Waals surface area (Å²) >= 11 is 6.96. The van der Waals surface area contributed by atoms with Gasteiger partial charge in [0.1, 0.15) is 12.4 Å². The summed E-state index contributed by atoms with van der Waals surface area (Å²) in [6.45, 7) is 0.195. The summed E-state index contributed by atoms with van der Waals surface area (Å²) in [5.74, 6) is 0.207. The molecule has 0 unspecified atom stereocenters. The number of hydrogen-bond donors (Lipinski definition) is 1. The Morgan fingerprint density at radius 2 is 2.00 bits per heavy atom. The van der Waals surface area contributed by atoms with Crippen molar-refractivity contribution >= 4 is 44.9 Å². The van der Waals surface area contributed by atoms with Crippen molar-refractivity contribution in [3.63, 3.8) is 0 Å². The number of nitrogens with one attached hydrogen (secondary N) is 1. The summed E-state index contributed by atoms with van der Waals surface area (Å²) in [5, 5.41) is 12.7. The van der Waals surface area contributed by atoms with Crippen LogP contribution in [0.5, 0.6) is 10.9 Å². The van der Waals surface area contributed by atoms with E-state index in [1.165, 1.54) is 0 Å². The minimum atomic E-state index is -0.390. The van der Waals surface area contributed by atoms with Crippen LogP contribution in [-0.2, 0) is 6.61 Å². The highest BCUT2D eigenvalue weighted by molar-refractivity contribution is 7.17. The van der Waals surface area contributed by atoms with E-state index in [0.29, 0.717) is 44.0 Å². The zero-order chi connectivity index (χ0) is 24.2. The van der Waals surface area contributed by atoms with Crippen molar-refractivity contribution in [1.29, 1.82) is 0 Å². The van der Waals surface area contributed by atoms with Gasteiger partial charge < -0.3 is 9.47 Å². The first kappa shape index (κ1) is 22.6. The maximum Gasteiger partial charge on any atom is 0.296 e. The third-order valence-corrected chi connectivity index (χ3v) is 5.96. The van der Waals surface area contributed by atoms with Gasteiger partial charge >= 0.3 is 0 Å². The van der Waals surface area contributed by atoms with Crippen molar-refractivity contribution in [2.75, 3.05) is 12.4 Å². The lowest BCUT2D eigenvalue weighted by Gasteiger charge is -2.13. The van der Waals surface area contributed by atoms with Gasteiger partial charge in [0.05, 0.1) is 40.8 Å². The first-order valence-electron chi connectivity index (χ1n) is 10.4. The highest BCUT2D eigenvalue weighted by Crippen LogP contribution is 2.33. The Kier molecular flexibility index (Phi) is 6.47. The number of nitrogens with zero attached hydrogens (tertiary/aromatic N) is 5. The summed E-state index contributed by atoms with van der Waals surface area (Å²) in [6, 6.07) is 14.4. The first-order valence-corrected chi connectivity index (χ1v) is 11.6. The number of fused-ring (bicyclic) bond motifs is 1. The number of pyridine rings is 3. The van der Waals surface area contributed by atoms with Crippen LogP contribution in [0.4, 0.5) is 5.13 Å². The topological polar surface area (TPSA) is 112 Å². The Morgan fingerprint density at radius 1 is 1.11 bits per heavy atom. The summed E-state index contributed by atoms with van der Waals surface area (Å²) in [5.41, 5.74) is 2.86. The number of para-hydroxylation sites is 1. The fourth-order valence-electron chi connectivity index (χ4n) is 3.35. The van der Waals surface area contributed by atoms with Crippen molar-refractivity contribution in [2.45, 2.75) is 6.61 Å². The number of aromatic nitrogens is 5. The standard InChI is InChI=1S/C24H17ClN6O3S/c1-33-20-5-3-2-4-17(20)21-18(10-14-8-9-26-12-19(14)28-21)22(32)29-23-30-31-24(35-23)34-13-16-7-6-15(25)11-27-16/h2-12H,13H2,1H3,(H,29,30,32). The molecule has 35 heavy (non-hydrogen) atoms. The van der Waals surface area contributed by atoms with Crippen molar-refractivity contribution in [3.8, 4) is 22.2 Å². The second kappa shape index (κ2) is 10.00. The normalized spacial score (nSPS) is 10.8. The number of ether oxygens (including phenoxy) is 2. The van der Waals surface area contributed by atoms with Crippen LogP contribution in [0, 0.1) is 0 Å². The molecule has 1 aromatic carbocycles. The molecule has 1 N–H and O–H groups in total. The van der Waals surface area contributed by atoms with Gasteiger partial charge in [0.15, 0.2) is 0 Å². The molecule has 9 nitrogen and oxygen atoms in total. The van der Waals surface area contributed by atoms with E-state index in [4.69, 9.17) is 26.1 Å². The molecule has 0 bridgehead atoms. The summed E-state index contributed by atoms with van der Waals surface area (Å²) in [6.07, 6.45) is 4.84. The van der Waals surface area contributed by atoms with Gasteiger partial charge in [-0.15, -0.1) is 5.10 Å². The highest BCUT2D eigenvalue weighted by Gasteiger charge is 2.20. The molecule has 0 atom stereocenters. The molecular weight excluding hydrogens is 488 g/mol. The molecule has 0 aliphatic heterocycles. The Bertz CT molecular complexity index is 1510. The molecule has 0 saturated carbocycles. The molecule has 174 valence electrons. The van der Waals surface area contributed by atoms with E-state index < -0.39 is 0 Å². The monoisotopic (exact) mass is 504 g/mol. The van der Waals surface area contributed by atoms with Crippen molar-refractivity contribution in [1.82, 2.24) is 25.1 Å². The molecule has 11 heteroatoms. The van der Waals surface area contributed by atoms with E-state index in [1.54, 1.807) is 50.0 Å². The van der Waals surface area contributed by atoms with Crippen LogP contribution in [0.2, 0.25) is 5.02 Å². The number of amides is 1. The van der Waals surface area contributed by atoms with E-state index in [-0.39, 0.29) is 17.6 Å². The van der Waals surface area contributed by atoms with Crippen molar-refractivity contribution in [3.05, 3.63) is 83.4 Å². The average molecular weight is 505 g/mol. The summed E-state index contributed by atoms with van der Waals surface area (Å²) < 4.78 is 11.1. The SMILES string of the molecule is COc1ccccc1-c1nc2cnccc2cc1C(=O)Nc1nnc(OCc2ccc(Cl)cn2)s1. The lowest BCUT2D eigenvalue weighted by atomic mass is 10.0. The second-order valence-electron chi connectivity index (χ2n) is 7.24. The average Bonchev–Trinajstić information content (AvgIpc) is 3.34. The van der Waals surface area contributed by atoms with Crippen LogP contribution in [0.3, 0.4) is 0 Å². The van der Waals surface area contributed by atoms with Crippen LogP contribution >= 0.6 is 22.9 Å². The number of rotatable bonds is 7. The zero-order valence-electron chi connectivity index (χ0n) is 18.3. The number of carbonyl (C=O) groups excluding carboxylic acids is 1. The predicted molar refractivity (Wildman–Crippen MR) is 133 cm³/mol. The number of hydrogen-bond acceptors (Lipinski definition) is 9. The molecule has 1 amide bonds. The van der Waals surface area contributed by atoms with Crippen molar-refractivity contribution in [2.24, 2.45) is 0 Å². The van der Waals surface area contributed by atoms with E-state index in [2.05, 4.69) is 25.5 Å². The third-order valence-electron chi connectivity index (χ3n) is 4.99. The van der Waals surface area contributed by atoms with Gasteiger partial charge in [-0.1, -0.05) is 28.8 Å². The molecule has 0 radical (unpaired) electrons. The molecule has 0 spiro atoms. The van der Waals surface area contributed by atoms with E-state index in [9.17, 15) is 4.79 Å². The molecule has 0 fully saturated rings. The number of benzene rings is 1. The molecule has 0 aliphatic rings. The summed E-state index contributed by atoms with van der Waals surface area (Å²) in [7, 11) is 1.57. The number of anilines is 1. The second-order valence-corrected chi connectivity index (χ2v) is 8.61. The van der Waals surface area contributed by atoms with Gasteiger partial charge in [-0.2, -0.15) is 0 Å². The zero-order valence-corrected chi connectivity index (χ0v) is 19.9. The quantitative estimate of drug-likeness (QED) is 0.328. The van der Waals surface area contributed by atoms with Crippen molar-refractivity contribution < 1.29 is 14.3 Å². The van der Waals surface area contributed by atoms with Gasteiger partial charge in [-0.3, -0.25) is 20.1 Å². The number of carbonyl (C=O) groups is 1. The molecule has 4 aromatic heterocycles. The molecule has 5 aromatic rings. The first-order chi connectivity index (χ1) is 17.1. The largest absolute Gasteiger partial charge is 0.496 e. The van der Waals surface area contributed by atoms with Crippen LogP contribution in [0.15, 0.2) is 67.1 Å². The molecule has 0 saturated heterocycles. The Labute approximate surface area is 208 Å².